The molecule has 3 nitrogen and oxygen atoms in total. The lowest BCUT2D eigenvalue weighted by atomic mass is 10.1. The summed E-state index contributed by atoms with van der Waals surface area (Å²) in [5.41, 5.74) is 0.958. The molecule has 0 aliphatic heterocycles. The molecule has 0 saturated heterocycles. The fourth-order valence-corrected chi connectivity index (χ4v) is 2.03. The molecule has 0 saturated carbocycles. The Kier molecular flexibility index (Phi) is 4.28. The Morgan fingerprint density at radius 1 is 1.33 bits per heavy atom. The second kappa shape index (κ2) is 5.94. The Labute approximate surface area is 112 Å². The molecule has 1 aromatic heterocycles. The van der Waals surface area contributed by atoms with Gasteiger partial charge in [0, 0.05) is 17.1 Å². The molecule has 0 aliphatic rings. The molecule has 2 rings (SSSR count). The van der Waals surface area contributed by atoms with Crippen LogP contribution >= 0.6 is 11.6 Å². The van der Waals surface area contributed by atoms with Gasteiger partial charge in [-0.05, 0) is 31.2 Å². The van der Waals surface area contributed by atoms with E-state index in [1.54, 1.807) is 13.4 Å². The number of nitrogens with one attached hydrogen (secondary N) is 1. The summed E-state index contributed by atoms with van der Waals surface area (Å²) in [6.07, 6.45) is 1.67. The van der Waals surface area contributed by atoms with Crippen molar-refractivity contribution in [2.75, 3.05) is 7.11 Å². The average Bonchev–Trinajstić information content (AvgIpc) is 2.90. The summed E-state index contributed by atoms with van der Waals surface area (Å²) in [5, 5.41) is 4.06. The number of hydrogen-bond acceptors (Lipinski definition) is 3. The molecule has 4 heteroatoms. The number of rotatable bonds is 5. The van der Waals surface area contributed by atoms with E-state index in [0.717, 1.165) is 17.1 Å². The molecular weight excluding hydrogens is 250 g/mol. The van der Waals surface area contributed by atoms with Gasteiger partial charge in [-0.2, -0.15) is 0 Å². The molecule has 0 bridgehead atoms. The number of halogens is 1. The number of methoxy groups -OCH3 is 1. The minimum absolute atomic E-state index is 0.126. The van der Waals surface area contributed by atoms with E-state index in [9.17, 15) is 0 Å². The van der Waals surface area contributed by atoms with Gasteiger partial charge in [0.15, 0.2) is 0 Å². The molecule has 2 aromatic rings. The second-order valence-corrected chi connectivity index (χ2v) is 4.45. The monoisotopic (exact) mass is 265 g/mol. The van der Waals surface area contributed by atoms with Gasteiger partial charge in [-0.15, -0.1) is 0 Å². The van der Waals surface area contributed by atoms with E-state index in [4.69, 9.17) is 20.8 Å². The second-order valence-electron chi connectivity index (χ2n) is 4.04. The molecule has 96 valence electrons. The fourth-order valence-electron chi connectivity index (χ4n) is 1.80. The van der Waals surface area contributed by atoms with Crippen LogP contribution in [0.2, 0.25) is 5.02 Å². The Morgan fingerprint density at radius 3 is 2.83 bits per heavy atom. The van der Waals surface area contributed by atoms with E-state index in [-0.39, 0.29) is 6.04 Å². The first kappa shape index (κ1) is 13.0. The lowest BCUT2D eigenvalue weighted by Crippen LogP contribution is -2.18. The van der Waals surface area contributed by atoms with Gasteiger partial charge in [0.2, 0.25) is 0 Å². The summed E-state index contributed by atoms with van der Waals surface area (Å²) in [6, 6.07) is 9.59. The maximum Gasteiger partial charge on any atom is 0.124 e. The summed E-state index contributed by atoms with van der Waals surface area (Å²) in [5.74, 6) is 1.70. The van der Waals surface area contributed by atoms with Crippen LogP contribution in [-0.4, -0.2) is 7.11 Å². The zero-order valence-electron chi connectivity index (χ0n) is 10.4. The van der Waals surface area contributed by atoms with Gasteiger partial charge in [-0.1, -0.05) is 17.7 Å². The summed E-state index contributed by atoms with van der Waals surface area (Å²) in [6.45, 7) is 2.67. The Hall–Kier alpha value is -1.45. The van der Waals surface area contributed by atoms with E-state index >= 15 is 0 Å². The maximum atomic E-state index is 6.17. The summed E-state index contributed by atoms with van der Waals surface area (Å²) in [4.78, 5) is 0. The fraction of sp³-hybridized carbons (Fsp3) is 0.286. The molecular formula is C14H16ClNO2. The summed E-state index contributed by atoms with van der Waals surface area (Å²) < 4.78 is 10.6. The minimum Gasteiger partial charge on any atom is -0.496 e. The van der Waals surface area contributed by atoms with E-state index in [1.165, 1.54) is 0 Å². The van der Waals surface area contributed by atoms with Crippen molar-refractivity contribution in [1.29, 1.82) is 0 Å². The third-order valence-corrected chi connectivity index (χ3v) is 3.20. The highest BCUT2D eigenvalue weighted by Crippen LogP contribution is 2.26. The van der Waals surface area contributed by atoms with Gasteiger partial charge in [-0.3, -0.25) is 0 Å². The van der Waals surface area contributed by atoms with Crippen molar-refractivity contribution < 1.29 is 9.15 Å². The molecule has 1 heterocycles. The Bertz CT molecular complexity index is 497. The van der Waals surface area contributed by atoms with Crippen LogP contribution in [0.1, 0.15) is 24.3 Å². The third-order valence-electron chi connectivity index (χ3n) is 2.85. The quantitative estimate of drug-likeness (QED) is 0.893. The van der Waals surface area contributed by atoms with Crippen LogP contribution in [0.15, 0.2) is 41.0 Å². The third kappa shape index (κ3) is 2.86. The van der Waals surface area contributed by atoms with Crippen molar-refractivity contribution >= 4 is 11.6 Å². The molecule has 1 N–H and O–H groups in total. The van der Waals surface area contributed by atoms with Gasteiger partial charge >= 0.3 is 0 Å². The molecule has 0 aliphatic carbocycles. The smallest absolute Gasteiger partial charge is 0.124 e. The van der Waals surface area contributed by atoms with Crippen LogP contribution in [0.5, 0.6) is 5.75 Å². The minimum atomic E-state index is 0.126. The normalized spacial score (nSPS) is 12.4. The first-order valence-electron chi connectivity index (χ1n) is 5.80. The zero-order valence-corrected chi connectivity index (χ0v) is 11.2. The highest BCUT2D eigenvalue weighted by Gasteiger charge is 2.11. The van der Waals surface area contributed by atoms with Gasteiger partial charge < -0.3 is 14.5 Å². The van der Waals surface area contributed by atoms with Crippen LogP contribution in [0.4, 0.5) is 0 Å². The number of ether oxygens (including phenoxy) is 1. The van der Waals surface area contributed by atoms with E-state index < -0.39 is 0 Å². The SMILES string of the molecule is COc1cccc(Cl)c1CN[C@H](C)c1ccco1. The Balaban J connectivity index is 2.06. The molecule has 1 atom stereocenters. The van der Waals surface area contributed by atoms with Crippen molar-refractivity contribution in [3.63, 3.8) is 0 Å². The van der Waals surface area contributed by atoms with Gasteiger partial charge in [0.1, 0.15) is 11.5 Å². The van der Waals surface area contributed by atoms with Gasteiger partial charge in [-0.25, -0.2) is 0 Å². The molecule has 0 spiro atoms. The van der Waals surface area contributed by atoms with E-state index in [2.05, 4.69) is 5.32 Å². The molecule has 1 aromatic carbocycles. The van der Waals surface area contributed by atoms with Crippen LogP contribution in [-0.2, 0) is 6.54 Å². The lowest BCUT2D eigenvalue weighted by Gasteiger charge is -2.14. The first-order valence-corrected chi connectivity index (χ1v) is 6.18. The maximum absolute atomic E-state index is 6.17. The van der Waals surface area contributed by atoms with Crippen molar-refractivity contribution in [3.05, 3.63) is 52.9 Å². The van der Waals surface area contributed by atoms with Crippen molar-refractivity contribution in [2.45, 2.75) is 19.5 Å². The van der Waals surface area contributed by atoms with Crippen molar-refractivity contribution in [3.8, 4) is 5.75 Å². The zero-order chi connectivity index (χ0) is 13.0. The average molecular weight is 266 g/mol. The van der Waals surface area contributed by atoms with E-state index in [1.807, 2.05) is 37.3 Å². The van der Waals surface area contributed by atoms with Crippen molar-refractivity contribution in [2.24, 2.45) is 0 Å². The highest BCUT2D eigenvalue weighted by molar-refractivity contribution is 6.31. The molecule has 0 amide bonds. The van der Waals surface area contributed by atoms with Crippen LogP contribution in [0.3, 0.4) is 0 Å². The number of benzene rings is 1. The lowest BCUT2D eigenvalue weighted by molar-refractivity contribution is 0.399. The van der Waals surface area contributed by atoms with Crippen molar-refractivity contribution in [1.82, 2.24) is 5.32 Å². The molecule has 0 radical (unpaired) electrons. The van der Waals surface area contributed by atoms with Crippen LogP contribution < -0.4 is 10.1 Å². The highest BCUT2D eigenvalue weighted by atomic mass is 35.5. The van der Waals surface area contributed by atoms with Crippen LogP contribution in [0, 0.1) is 0 Å². The number of furan rings is 1. The topological polar surface area (TPSA) is 34.4 Å². The first-order chi connectivity index (χ1) is 8.72. The molecule has 18 heavy (non-hydrogen) atoms. The predicted molar refractivity (Wildman–Crippen MR) is 72.0 cm³/mol. The number of hydrogen-bond donors (Lipinski definition) is 1. The Morgan fingerprint density at radius 2 is 2.17 bits per heavy atom. The standard InChI is InChI=1S/C14H16ClNO2/c1-10(13-7-4-8-18-13)16-9-11-12(15)5-3-6-14(11)17-2/h3-8,10,16H,9H2,1-2H3/t10-/m1/s1. The molecule has 0 fully saturated rings. The summed E-state index contributed by atoms with van der Waals surface area (Å²) in [7, 11) is 1.64. The molecule has 0 unspecified atom stereocenters. The largest absolute Gasteiger partial charge is 0.496 e. The summed E-state index contributed by atoms with van der Waals surface area (Å²) >= 11 is 6.17. The van der Waals surface area contributed by atoms with Gasteiger partial charge in [0.25, 0.3) is 0 Å². The predicted octanol–water partition coefficient (Wildman–Crippen LogP) is 3.79. The van der Waals surface area contributed by atoms with Crippen LogP contribution in [0.25, 0.3) is 0 Å². The van der Waals surface area contributed by atoms with Gasteiger partial charge in [0.05, 0.1) is 19.4 Å². The van der Waals surface area contributed by atoms with E-state index in [0.29, 0.717) is 11.6 Å².